The van der Waals surface area contributed by atoms with Crippen molar-refractivity contribution in [1.29, 1.82) is 0 Å². The van der Waals surface area contributed by atoms with E-state index >= 15 is 0 Å². The topological polar surface area (TPSA) is 29.5 Å². The fourth-order valence-electron chi connectivity index (χ4n) is 1.46. The Kier molecular flexibility index (Phi) is 3.75. The molecule has 0 aliphatic carbocycles. The summed E-state index contributed by atoms with van der Waals surface area (Å²) in [5.41, 5.74) is 1.83. The number of rotatable bonds is 4. The molecule has 1 N–H and O–H groups in total. The summed E-state index contributed by atoms with van der Waals surface area (Å²) in [4.78, 5) is 0. The van der Waals surface area contributed by atoms with Gasteiger partial charge in [0.2, 0.25) is 0 Å². The molecule has 2 nitrogen and oxygen atoms in total. The van der Waals surface area contributed by atoms with E-state index in [9.17, 15) is 5.02 Å². The van der Waals surface area contributed by atoms with Crippen LogP contribution in [0.25, 0.3) is 0 Å². The van der Waals surface area contributed by atoms with Crippen LogP contribution in [0.1, 0.15) is 5.56 Å². The first-order valence-corrected chi connectivity index (χ1v) is 5.25. The minimum Gasteiger partial charge on any atom is -0.423 e. The van der Waals surface area contributed by atoms with Crippen molar-refractivity contribution in [3.05, 3.63) is 66.2 Å². The summed E-state index contributed by atoms with van der Waals surface area (Å²) in [6.45, 7) is 0.414. The summed E-state index contributed by atoms with van der Waals surface area (Å²) < 4.78 is 5.37. The lowest BCUT2D eigenvalue weighted by atomic mass is 9.80. The SMILES string of the molecule is OB(OCc1ccccc1)c1ccccc1. The minimum atomic E-state index is -0.860. The van der Waals surface area contributed by atoms with Gasteiger partial charge in [0.05, 0.1) is 6.61 Å². The number of benzene rings is 2. The molecule has 0 aliphatic rings. The first-order chi connectivity index (χ1) is 7.86. The first kappa shape index (κ1) is 10.9. The third kappa shape index (κ3) is 2.96. The van der Waals surface area contributed by atoms with E-state index < -0.39 is 7.12 Å². The normalized spacial score (nSPS) is 10.1. The predicted molar refractivity (Wildman–Crippen MR) is 65.3 cm³/mol. The number of hydrogen-bond acceptors (Lipinski definition) is 2. The molecule has 0 unspecified atom stereocenters. The molecule has 0 bridgehead atoms. The molecule has 2 aromatic rings. The van der Waals surface area contributed by atoms with Crippen LogP contribution in [0.2, 0.25) is 0 Å². The van der Waals surface area contributed by atoms with Gasteiger partial charge in [-0.05, 0) is 11.0 Å². The van der Waals surface area contributed by atoms with Gasteiger partial charge in [0.1, 0.15) is 0 Å². The van der Waals surface area contributed by atoms with E-state index in [1.807, 2.05) is 60.7 Å². The number of hydrogen-bond donors (Lipinski definition) is 1. The lowest BCUT2D eigenvalue weighted by Crippen LogP contribution is -2.33. The van der Waals surface area contributed by atoms with Crippen molar-refractivity contribution in [2.75, 3.05) is 0 Å². The minimum absolute atomic E-state index is 0.414. The molecule has 80 valence electrons. The van der Waals surface area contributed by atoms with Crippen LogP contribution >= 0.6 is 0 Å². The molecular weight excluding hydrogens is 199 g/mol. The lowest BCUT2D eigenvalue weighted by Gasteiger charge is -2.08. The third-order valence-electron chi connectivity index (χ3n) is 2.34. The Morgan fingerprint density at radius 2 is 1.44 bits per heavy atom. The molecular formula is C13H13BO2. The fraction of sp³-hybridized carbons (Fsp3) is 0.0769. The molecule has 0 atom stereocenters. The highest BCUT2D eigenvalue weighted by Gasteiger charge is 2.15. The third-order valence-corrected chi connectivity index (χ3v) is 2.34. The highest BCUT2D eigenvalue weighted by atomic mass is 16.5. The van der Waals surface area contributed by atoms with Gasteiger partial charge in [-0.25, -0.2) is 0 Å². The van der Waals surface area contributed by atoms with Gasteiger partial charge in [-0.2, -0.15) is 0 Å². The summed E-state index contributed by atoms with van der Waals surface area (Å²) in [7, 11) is -0.860. The van der Waals surface area contributed by atoms with E-state index in [0.717, 1.165) is 11.0 Å². The zero-order valence-corrected chi connectivity index (χ0v) is 8.91. The molecule has 0 saturated carbocycles. The maximum Gasteiger partial charge on any atom is 0.491 e. The van der Waals surface area contributed by atoms with Crippen LogP contribution in [0.15, 0.2) is 60.7 Å². The standard InChI is InChI=1S/C13H13BO2/c15-14(13-9-5-2-6-10-13)16-11-12-7-3-1-4-8-12/h1-10,15H,11H2. The van der Waals surface area contributed by atoms with Gasteiger partial charge in [0.25, 0.3) is 0 Å². The first-order valence-electron chi connectivity index (χ1n) is 5.25. The van der Waals surface area contributed by atoms with E-state index in [-0.39, 0.29) is 0 Å². The van der Waals surface area contributed by atoms with Gasteiger partial charge in [-0.15, -0.1) is 0 Å². The Morgan fingerprint density at radius 1 is 0.875 bits per heavy atom. The van der Waals surface area contributed by atoms with Crippen molar-refractivity contribution in [2.24, 2.45) is 0 Å². The van der Waals surface area contributed by atoms with Crippen LogP contribution in [0.5, 0.6) is 0 Å². The molecule has 16 heavy (non-hydrogen) atoms. The van der Waals surface area contributed by atoms with Crippen LogP contribution in [-0.4, -0.2) is 12.1 Å². The zero-order valence-electron chi connectivity index (χ0n) is 8.91. The fourth-order valence-corrected chi connectivity index (χ4v) is 1.46. The highest BCUT2D eigenvalue weighted by Crippen LogP contribution is 2.01. The summed E-state index contributed by atoms with van der Waals surface area (Å²) in [6, 6.07) is 19.2. The van der Waals surface area contributed by atoms with E-state index in [0.29, 0.717) is 6.61 Å². The molecule has 0 amide bonds. The van der Waals surface area contributed by atoms with Gasteiger partial charge < -0.3 is 9.68 Å². The summed E-state index contributed by atoms with van der Waals surface area (Å²) in [5.74, 6) is 0. The van der Waals surface area contributed by atoms with Crippen molar-refractivity contribution < 1.29 is 9.68 Å². The van der Waals surface area contributed by atoms with Crippen molar-refractivity contribution >= 4 is 12.6 Å². The zero-order chi connectivity index (χ0) is 11.2. The summed E-state index contributed by atoms with van der Waals surface area (Å²) in [5, 5.41) is 9.76. The second-order valence-corrected chi connectivity index (χ2v) is 3.56. The van der Waals surface area contributed by atoms with Crippen LogP contribution < -0.4 is 5.46 Å². The van der Waals surface area contributed by atoms with Gasteiger partial charge >= 0.3 is 7.12 Å². The Hall–Kier alpha value is -1.58. The molecule has 0 saturated heterocycles. The molecule has 0 aliphatic heterocycles. The molecule has 0 spiro atoms. The molecule has 0 radical (unpaired) electrons. The van der Waals surface area contributed by atoms with Crippen LogP contribution in [-0.2, 0) is 11.3 Å². The van der Waals surface area contributed by atoms with Gasteiger partial charge in [0, 0.05) is 0 Å². The quantitative estimate of drug-likeness (QED) is 0.779. The van der Waals surface area contributed by atoms with Gasteiger partial charge in [0.15, 0.2) is 0 Å². The van der Waals surface area contributed by atoms with E-state index in [1.165, 1.54) is 0 Å². The maximum absolute atomic E-state index is 9.76. The van der Waals surface area contributed by atoms with Crippen LogP contribution in [0, 0.1) is 0 Å². The monoisotopic (exact) mass is 212 g/mol. The molecule has 0 heterocycles. The van der Waals surface area contributed by atoms with E-state index in [2.05, 4.69) is 0 Å². The summed E-state index contributed by atoms with van der Waals surface area (Å²) >= 11 is 0. The molecule has 3 heteroatoms. The van der Waals surface area contributed by atoms with Crippen molar-refractivity contribution in [3.8, 4) is 0 Å². The highest BCUT2D eigenvalue weighted by molar-refractivity contribution is 6.59. The average Bonchev–Trinajstić information content (AvgIpc) is 2.38. The Labute approximate surface area is 95.7 Å². The van der Waals surface area contributed by atoms with E-state index in [4.69, 9.17) is 4.65 Å². The van der Waals surface area contributed by atoms with Gasteiger partial charge in [-0.3, -0.25) is 0 Å². The van der Waals surface area contributed by atoms with Crippen molar-refractivity contribution in [2.45, 2.75) is 6.61 Å². The van der Waals surface area contributed by atoms with Crippen LogP contribution in [0.3, 0.4) is 0 Å². The second-order valence-electron chi connectivity index (χ2n) is 3.56. The molecule has 2 aromatic carbocycles. The maximum atomic E-state index is 9.76. The van der Waals surface area contributed by atoms with Gasteiger partial charge in [-0.1, -0.05) is 60.7 Å². The Bertz CT molecular complexity index is 416. The lowest BCUT2D eigenvalue weighted by molar-refractivity contribution is 0.259. The molecule has 0 fully saturated rings. The van der Waals surface area contributed by atoms with Crippen LogP contribution in [0.4, 0.5) is 0 Å². The predicted octanol–water partition coefficient (Wildman–Crippen LogP) is 1.59. The van der Waals surface area contributed by atoms with Crippen molar-refractivity contribution in [1.82, 2.24) is 0 Å². The second kappa shape index (κ2) is 5.49. The van der Waals surface area contributed by atoms with Crippen molar-refractivity contribution in [3.63, 3.8) is 0 Å². The average molecular weight is 212 g/mol. The smallest absolute Gasteiger partial charge is 0.423 e. The largest absolute Gasteiger partial charge is 0.491 e. The Morgan fingerprint density at radius 3 is 2.06 bits per heavy atom. The Balaban J connectivity index is 1.92. The molecule has 0 aromatic heterocycles. The molecule has 2 rings (SSSR count). The van der Waals surface area contributed by atoms with E-state index in [1.54, 1.807) is 0 Å². The summed E-state index contributed by atoms with van der Waals surface area (Å²) in [6.07, 6.45) is 0.